The third-order valence-corrected chi connectivity index (χ3v) is 3.88. The average Bonchev–Trinajstić information content (AvgIpc) is 2.77. The van der Waals surface area contributed by atoms with Gasteiger partial charge in [-0.3, -0.25) is 4.79 Å². The lowest BCUT2D eigenvalue weighted by Gasteiger charge is -2.50. The number of hydrogen-bond acceptors (Lipinski definition) is 3. The molecule has 0 bridgehead atoms. The molecule has 2 atom stereocenters. The third-order valence-electron chi connectivity index (χ3n) is 3.88. The fraction of sp³-hybridized carbons (Fsp3) is 0.615. The van der Waals surface area contributed by atoms with Crippen LogP contribution in [0.5, 0.6) is 0 Å². The Labute approximate surface area is 102 Å². The first-order chi connectivity index (χ1) is 7.95. The van der Waals surface area contributed by atoms with Crippen LogP contribution in [-0.2, 0) is 6.42 Å². The summed E-state index contributed by atoms with van der Waals surface area (Å²) < 4.78 is 5.42. The molecule has 94 valence electrons. The van der Waals surface area contributed by atoms with Gasteiger partial charge in [0, 0.05) is 23.9 Å². The topological polar surface area (TPSA) is 68.3 Å². The van der Waals surface area contributed by atoms with Gasteiger partial charge in [0.05, 0.1) is 0 Å². The second-order valence-electron chi connectivity index (χ2n) is 5.31. The lowest BCUT2D eigenvalue weighted by Crippen LogP contribution is -2.64. The molecule has 0 radical (unpaired) electrons. The van der Waals surface area contributed by atoms with E-state index >= 15 is 0 Å². The molecule has 4 nitrogen and oxygen atoms in total. The van der Waals surface area contributed by atoms with Crippen LogP contribution in [0.25, 0.3) is 0 Å². The van der Waals surface area contributed by atoms with Crippen LogP contribution in [-0.4, -0.2) is 18.0 Å². The second-order valence-corrected chi connectivity index (χ2v) is 5.31. The number of aryl methyl sites for hydroxylation is 1. The summed E-state index contributed by atoms with van der Waals surface area (Å²) in [4.78, 5) is 11.9. The minimum absolute atomic E-state index is 0.0319. The van der Waals surface area contributed by atoms with Crippen molar-refractivity contribution in [3.05, 3.63) is 23.7 Å². The second kappa shape index (κ2) is 4.18. The van der Waals surface area contributed by atoms with Crippen molar-refractivity contribution in [1.29, 1.82) is 0 Å². The van der Waals surface area contributed by atoms with Crippen LogP contribution < -0.4 is 11.1 Å². The summed E-state index contributed by atoms with van der Waals surface area (Å²) in [6, 6.07) is 3.86. The zero-order chi connectivity index (χ0) is 12.6. The normalized spacial score (nSPS) is 26.4. The van der Waals surface area contributed by atoms with E-state index in [9.17, 15) is 4.79 Å². The van der Waals surface area contributed by atoms with Crippen molar-refractivity contribution in [2.24, 2.45) is 11.1 Å². The van der Waals surface area contributed by atoms with Gasteiger partial charge in [-0.15, -0.1) is 0 Å². The molecule has 1 aromatic rings. The van der Waals surface area contributed by atoms with E-state index in [1.54, 1.807) is 6.07 Å². The monoisotopic (exact) mass is 236 g/mol. The first kappa shape index (κ1) is 12.2. The van der Waals surface area contributed by atoms with E-state index in [0.717, 1.165) is 18.6 Å². The number of nitrogens with one attached hydrogen (secondary N) is 1. The van der Waals surface area contributed by atoms with Crippen molar-refractivity contribution >= 4 is 5.91 Å². The van der Waals surface area contributed by atoms with Gasteiger partial charge in [-0.25, -0.2) is 0 Å². The molecule has 4 heteroatoms. The molecule has 1 saturated carbocycles. The van der Waals surface area contributed by atoms with Crippen LogP contribution in [0.2, 0.25) is 0 Å². The van der Waals surface area contributed by atoms with Gasteiger partial charge >= 0.3 is 0 Å². The maximum atomic E-state index is 11.9. The Balaban J connectivity index is 1.98. The van der Waals surface area contributed by atoms with Crippen molar-refractivity contribution < 1.29 is 9.21 Å². The molecule has 1 heterocycles. The Morgan fingerprint density at radius 2 is 2.29 bits per heavy atom. The van der Waals surface area contributed by atoms with Crippen LogP contribution >= 0.6 is 0 Å². The molecule has 17 heavy (non-hydrogen) atoms. The molecule has 1 fully saturated rings. The van der Waals surface area contributed by atoms with Crippen molar-refractivity contribution in [2.45, 2.75) is 45.7 Å². The molecule has 1 aliphatic carbocycles. The molecule has 0 aromatic carbocycles. The van der Waals surface area contributed by atoms with Gasteiger partial charge < -0.3 is 15.5 Å². The summed E-state index contributed by atoms with van der Waals surface area (Å²) in [6.07, 6.45) is 1.63. The van der Waals surface area contributed by atoms with E-state index in [4.69, 9.17) is 10.2 Å². The van der Waals surface area contributed by atoms with E-state index in [1.807, 2.05) is 13.0 Å². The van der Waals surface area contributed by atoms with Gasteiger partial charge in [0.2, 0.25) is 0 Å². The highest BCUT2D eigenvalue weighted by Crippen LogP contribution is 2.39. The van der Waals surface area contributed by atoms with E-state index in [1.165, 1.54) is 0 Å². The number of furan rings is 1. The van der Waals surface area contributed by atoms with Crippen LogP contribution in [0, 0.1) is 5.41 Å². The number of amides is 1. The van der Waals surface area contributed by atoms with Crippen LogP contribution in [0.4, 0.5) is 0 Å². The largest absolute Gasteiger partial charge is 0.456 e. The highest BCUT2D eigenvalue weighted by molar-refractivity contribution is 5.91. The van der Waals surface area contributed by atoms with Crippen LogP contribution in [0.3, 0.4) is 0 Å². The zero-order valence-electron chi connectivity index (χ0n) is 10.6. The SMILES string of the molecule is CCc1ccc(C(=O)NC2CC(N)C2(C)C)o1. The molecular weight excluding hydrogens is 216 g/mol. The molecule has 1 aliphatic rings. The summed E-state index contributed by atoms with van der Waals surface area (Å²) in [6.45, 7) is 6.14. The minimum Gasteiger partial charge on any atom is -0.456 e. The molecule has 2 rings (SSSR count). The molecule has 2 unspecified atom stereocenters. The van der Waals surface area contributed by atoms with E-state index in [2.05, 4.69) is 19.2 Å². The van der Waals surface area contributed by atoms with Gasteiger partial charge in [-0.05, 0) is 18.6 Å². The number of carbonyl (C=O) groups excluding carboxylic acids is 1. The predicted molar refractivity (Wildman–Crippen MR) is 65.7 cm³/mol. The number of carbonyl (C=O) groups is 1. The van der Waals surface area contributed by atoms with Crippen molar-refractivity contribution in [2.75, 3.05) is 0 Å². The van der Waals surface area contributed by atoms with E-state index in [0.29, 0.717) is 5.76 Å². The molecule has 3 N–H and O–H groups in total. The predicted octanol–water partition coefficient (Wildman–Crippen LogP) is 1.70. The fourth-order valence-electron chi connectivity index (χ4n) is 2.12. The summed E-state index contributed by atoms with van der Waals surface area (Å²) >= 11 is 0. The summed E-state index contributed by atoms with van der Waals surface area (Å²) in [5, 5.41) is 2.98. The van der Waals surface area contributed by atoms with Crippen molar-refractivity contribution in [3.8, 4) is 0 Å². The van der Waals surface area contributed by atoms with Crippen LogP contribution in [0.15, 0.2) is 16.5 Å². The van der Waals surface area contributed by atoms with Gasteiger partial charge in [0.15, 0.2) is 5.76 Å². The molecule has 0 saturated heterocycles. The molecule has 0 spiro atoms. The summed E-state index contributed by atoms with van der Waals surface area (Å²) in [5.74, 6) is 1.08. The van der Waals surface area contributed by atoms with E-state index < -0.39 is 0 Å². The Morgan fingerprint density at radius 1 is 1.59 bits per heavy atom. The minimum atomic E-state index is -0.144. The highest BCUT2D eigenvalue weighted by Gasteiger charge is 2.46. The fourth-order valence-corrected chi connectivity index (χ4v) is 2.12. The third kappa shape index (κ3) is 2.09. The standard InChI is InChI=1S/C13H20N2O2/c1-4-8-5-6-9(17-8)12(16)15-11-7-10(14)13(11,2)3/h5-6,10-11H,4,7,14H2,1-3H3,(H,15,16). The summed E-state index contributed by atoms with van der Waals surface area (Å²) in [7, 11) is 0. The zero-order valence-corrected chi connectivity index (χ0v) is 10.6. The maximum absolute atomic E-state index is 11.9. The van der Waals surface area contributed by atoms with Crippen molar-refractivity contribution in [3.63, 3.8) is 0 Å². The lowest BCUT2D eigenvalue weighted by molar-refractivity contribution is 0.0568. The molecule has 1 aromatic heterocycles. The maximum Gasteiger partial charge on any atom is 0.287 e. The van der Waals surface area contributed by atoms with Crippen LogP contribution in [0.1, 0.15) is 43.5 Å². The molecule has 0 aliphatic heterocycles. The van der Waals surface area contributed by atoms with E-state index in [-0.39, 0.29) is 23.4 Å². The lowest BCUT2D eigenvalue weighted by atomic mass is 9.63. The quantitative estimate of drug-likeness (QED) is 0.839. The molecule has 1 amide bonds. The first-order valence-electron chi connectivity index (χ1n) is 6.10. The highest BCUT2D eigenvalue weighted by atomic mass is 16.3. The average molecular weight is 236 g/mol. The number of rotatable bonds is 3. The Hall–Kier alpha value is -1.29. The van der Waals surface area contributed by atoms with Gasteiger partial charge in [-0.2, -0.15) is 0 Å². The Bertz CT molecular complexity index is 423. The number of nitrogens with two attached hydrogens (primary N) is 1. The first-order valence-corrected chi connectivity index (χ1v) is 6.10. The Morgan fingerprint density at radius 3 is 2.76 bits per heavy atom. The van der Waals surface area contributed by atoms with Gasteiger partial charge in [-0.1, -0.05) is 20.8 Å². The van der Waals surface area contributed by atoms with Crippen molar-refractivity contribution in [1.82, 2.24) is 5.32 Å². The Kier molecular flexibility index (Phi) is 3.00. The summed E-state index contributed by atoms with van der Waals surface area (Å²) in [5.41, 5.74) is 5.88. The molecular formula is C13H20N2O2. The smallest absolute Gasteiger partial charge is 0.287 e. The van der Waals surface area contributed by atoms with Gasteiger partial charge in [0.25, 0.3) is 5.91 Å². The number of hydrogen-bond donors (Lipinski definition) is 2. The van der Waals surface area contributed by atoms with Gasteiger partial charge in [0.1, 0.15) is 5.76 Å².